The van der Waals surface area contributed by atoms with Gasteiger partial charge >= 0.3 is 11.9 Å². The Labute approximate surface area is 129 Å². The van der Waals surface area contributed by atoms with Crippen molar-refractivity contribution in [3.05, 3.63) is 34.3 Å². The van der Waals surface area contributed by atoms with Crippen LogP contribution in [-0.4, -0.2) is 49.3 Å². The van der Waals surface area contributed by atoms with Gasteiger partial charge in [-0.3, -0.25) is 0 Å². The van der Waals surface area contributed by atoms with Crippen molar-refractivity contribution in [2.75, 3.05) is 13.1 Å². The highest BCUT2D eigenvalue weighted by Gasteiger charge is 2.28. The molecule has 10 heteroatoms. The molecule has 2 aromatic heterocycles. The molecule has 3 heterocycles. The van der Waals surface area contributed by atoms with Crippen molar-refractivity contribution in [3.63, 3.8) is 0 Å². The van der Waals surface area contributed by atoms with Gasteiger partial charge in [-0.25, -0.2) is 4.79 Å². The van der Waals surface area contributed by atoms with Crippen LogP contribution < -0.4 is 0 Å². The first-order valence-corrected chi connectivity index (χ1v) is 6.96. The molecule has 1 saturated heterocycles. The van der Waals surface area contributed by atoms with E-state index in [1.165, 1.54) is 23.2 Å². The lowest BCUT2D eigenvalue weighted by atomic mass is 9.98. The molecule has 0 bridgehead atoms. The van der Waals surface area contributed by atoms with Crippen molar-refractivity contribution >= 4 is 11.9 Å². The van der Waals surface area contributed by atoms with E-state index in [2.05, 4.69) is 15.2 Å². The SMILES string of the molecule is O=C(O)N1CCC[C@H](c2nnc(-c3ccc([N+](=O)[O-])nc3)o2)C1. The van der Waals surface area contributed by atoms with Crippen LogP contribution in [0.25, 0.3) is 11.5 Å². The zero-order chi connectivity index (χ0) is 16.4. The molecule has 0 spiro atoms. The van der Waals surface area contributed by atoms with Gasteiger partial charge in [-0.2, -0.15) is 0 Å². The van der Waals surface area contributed by atoms with Gasteiger partial charge in [0, 0.05) is 19.2 Å². The fourth-order valence-electron chi connectivity index (χ4n) is 2.49. The van der Waals surface area contributed by atoms with Crippen molar-refractivity contribution in [1.82, 2.24) is 20.1 Å². The quantitative estimate of drug-likeness (QED) is 0.669. The number of piperidine rings is 1. The highest BCUT2D eigenvalue weighted by molar-refractivity contribution is 5.65. The molecule has 0 saturated carbocycles. The zero-order valence-corrected chi connectivity index (χ0v) is 12.0. The van der Waals surface area contributed by atoms with E-state index >= 15 is 0 Å². The van der Waals surface area contributed by atoms with Crippen molar-refractivity contribution in [2.24, 2.45) is 0 Å². The molecule has 1 amide bonds. The number of hydrogen-bond donors (Lipinski definition) is 1. The molecule has 1 aliphatic rings. The number of aromatic nitrogens is 3. The van der Waals surface area contributed by atoms with E-state index < -0.39 is 11.0 Å². The van der Waals surface area contributed by atoms with Gasteiger partial charge in [0.25, 0.3) is 5.89 Å². The monoisotopic (exact) mass is 319 g/mol. The number of pyridine rings is 1. The molecule has 0 aliphatic carbocycles. The number of carbonyl (C=O) groups is 1. The molecule has 2 aromatic rings. The summed E-state index contributed by atoms with van der Waals surface area (Å²) in [7, 11) is 0. The number of likely N-dealkylation sites (tertiary alicyclic amines) is 1. The Hall–Kier alpha value is -3.04. The van der Waals surface area contributed by atoms with Crippen molar-refractivity contribution in [2.45, 2.75) is 18.8 Å². The van der Waals surface area contributed by atoms with Crippen LogP contribution in [0.5, 0.6) is 0 Å². The molecule has 120 valence electrons. The summed E-state index contributed by atoms with van der Waals surface area (Å²) in [6.45, 7) is 0.814. The minimum atomic E-state index is -0.964. The highest BCUT2D eigenvalue weighted by atomic mass is 16.6. The first-order chi connectivity index (χ1) is 11.0. The third-order valence-electron chi connectivity index (χ3n) is 3.66. The maximum atomic E-state index is 11.0. The first-order valence-electron chi connectivity index (χ1n) is 6.96. The summed E-state index contributed by atoms with van der Waals surface area (Å²) in [6, 6.07) is 2.73. The predicted molar refractivity (Wildman–Crippen MR) is 75.8 cm³/mol. The fraction of sp³-hybridized carbons (Fsp3) is 0.385. The van der Waals surface area contributed by atoms with E-state index in [4.69, 9.17) is 9.52 Å². The van der Waals surface area contributed by atoms with E-state index in [1.54, 1.807) is 0 Å². The fourth-order valence-corrected chi connectivity index (χ4v) is 2.49. The van der Waals surface area contributed by atoms with Crippen LogP contribution in [0.2, 0.25) is 0 Å². The molecule has 1 atom stereocenters. The molecule has 23 heavy (non-hydrogen) atoms. The van der Waals surface area contributed by atoms with Crippen LogP contribution in [0.1, 0.15) is 24.7 Å². The van der Waals surface area contributed by atoms with E-state index in [9.17, 15) is 14.9 Å². The van der Waals surface area contributed by atoms with E-state index in [1.807, 2.05) is 0 Å². The lowest BCUT2D eigenvalue weighted by molar-refractivity contribution is -0.389. The molecule has 3 rings (SSSR count). The largest absolute Gasteiger partial charge is 0.465 e. The van der Waals surface area contributed by atoms with Gasteiger partial charge in [0.15, 0.2) is 6.20 Å². The molecule has 10 nitrogen and oxygen atoms in total. The molecule has 1 N–H and O–H groups in total. The van der Waals surface area contributed by atoms with Crippen LogP contribution in [0, 0.1) is 10.1 Å². The van der Waals surface area contributed by atoms with E-state index in [0.717, 1.165) is 12.8 Å². The van der Waals surface area contributed by atoms with Gasteiger partial charge in [-0.1, -0.05) is 0 Å². The Balaban J connectivity index is 1.77. The third-order valence-corrected chi connectivity index (χ3v) is 3.66. The van der Waals surface area contributed by atoms with Crippen molar-refractivity contribution in [3.8, 4) is 11.5 Å². The average Bonchev–Trinajstić information content (AvgIpc) is 3.05. The summed E-state index contributed by atoms with van der Waals surface area (Å²) in [6.07, 6.45) is 1.83. The van der Waals surface area contributed by atoms with Gasteiger partial charge in [0.05, 0.1) is 11.5 Å². The average molecular weight is 319 g/mol. The Kier molecular flexibility index (Phi) is 3.87. The molecule has 1 fully saturated rings. The minimum Gasteiger partial charge on any atom is -0.465 e. The molecular formula is C13H13N5O5. The van der Waals surface area contributed by atoms with E-state index in [0.29, 0.717) is 24.5 Å². The van der Waals surface area contributed by atoms with Crippen LogP contribution in [0.15, 0.2) is 22.7 Å². The number of hydrogen-bond acceptors (Lipinski definition) is 7. The minimum absolute atomic E-state index is 0.146. The zero-order valence-electron chi connectivity index (χ0n) is 12.0. The lowest BCUT2D eigenvalue weighted by Gasteiger charge is -2.28. The topological polar surface area (TPSA) is 135 Å². The Bertz CT molecular complexity index is 729. The summed E-state index contributed by atoms with van der Waals surface area (Å²) in [5.74, 6) is 0.157. The highest BCUT2D eigenvalue weighted by Crippen LogP contribution is 2.28. The first kappa shape index (κ1) is 14.9. The molecule has 0 aromatic carbocycles. The smallest absolute Gasteiger partial charge is 0.407 e. The molecule has 1 aliphatic heterocycles. The third kappa shape index (κ3) is 3.10. The Morgan fingerprint density at radius 2 is 2.26 bits per heavy atom. The van der Waals surface area contributed by atoms with Crippen LogP contribution in [0.3, 0.4) is 0 Å². The van der Waals surface area contributed by atoms with Crippen LogP contribution in [-0.2, 0) is 0 Å². The van der Waals surface area contributed by atoms with Gasteiger partial charge in [-0.15, -0.1) is 10.2 Å². The maximum Gasteiger partial charge on any atom is 0.407 e. The number of amides is 1. The lowest BCUT2D eigenvalue weighted by Crippen LogP contribution is -2.38. The van der Waals surface area contributed by atoms with Gasteiger partial charge in [0.1, 0.15) is 0 Å². The summed E-state index contributed by atoms with van der Waals surface area (Å²) < 4.78 is 5.59. The number of nitro groups is 1. The van der Waals surface area contributed by atoms with Gasteiger partial charge in [-0.05, 0) is 28.8 Å². The standard InChI is InChI=1S/C13H13N5O5/c19-13(20)17-5-1-2-9(7-17)12-16-15-11(23-12)8-3-4-10(14-6-8)18(21)22/h3-4,6,9H,1-2,5,7H2,(H,19,20)/t9-/m0/s1. The number of rotatable bonds is 3. The second-order valence-electron chi connectivity index (χ2n) is 5.18. The van der Waals surface area contributed by atoms with E-state index in [-0.39, 0.29) is 17.6 Å². The summed E-state index contributed by atoms with van der Waals surface area (Å²) in [5.41, 5.74) is 0.472. The Morgan fingerprint density at radius 1 is 1.43 bits per heavy atom. The van der Waals surface area contributed by atoms with Crippen LogP contribution >= 0.6 is 0 Å². The van der Waals surface area contributed by atoms with Crippen molar-refractivity contribution in [1.29, 1.82) is 0 Å². The van der Waals surface area contributed by atoms with Gasteiger partial charge in [0.2, 0.25) is 5.89 Å². The summed E-state index contributed by atoms with van der Waals surface area (Å²) >= 11 is 0. The molecule has 0 unspecified atom stereocenters. The van der Waals surface area contributed by atoms with Gasteiger partial charge < -0.3 is 24.5 Å². The predicted octanol–water partition coefficient (Wildman–Crippen LogP) is 1.90. The normalized spacial score (nSPS) is 17.9. The van der Waals surface area contributed by atoms with Crippen LogP contribution in [0.4, 0.5) is 10.6 Å². The Morgan fingerprint density at radius 3 is 2.91 bits per heavy atom. The second-order valence-corrected chi connectivity index (χ2v) is 5.18. The van der Waals surface area contributed by atoms with Crippen molar-refractivity contribution < 1.29 is 19.2 Å². The summed E-state index contributed by atoms with van der Waals surface area (Å²) in [4.78, 5) is 26.1. The molecular weight excluding hydrogens is 306 g/mol. The summed E-state index contributed by atoms with van der Waals surface area (Å²) in [5, 5.41) is 27.5. The second kappa shape index (κ2) is 5.99. The maximum absolute atomic E-state index is 11.0. The number of nitrogens with zero attached hydrogens (tertiary/aromatic N) is 5. The molecule has 0 radical (unpaired) electrons. The number of carboxylic acid groups (broad SMARTS) is 1.